The second kappa shape index (κ2) is 7.23. The van der Waals surface area contributed by atoms with Gasteiger partial charge in [0.2, 0.25) is 0 Å². The number of amides is 1. The third-order valence-corrected chi connectivity index (χ3v) is 5.16. The summed E-state index contributed by atoms with van der Waals surface area (Å²) in [6.45, 7) is 3.46. The molecule has 0 spiro atoms. The molecule has 2 aromatic heterocycles. The van der Waals surface area contributed by atoms with E-state index >= 15 is 0 Å². The summed E-state index contributed by atoms with van der Waals surface area (Å²) >= 11 is 0. The van der Waals surface area contributed by atoms with Gasteiger partial charge >= 0.3 is 0 Å². The molecule has 0 aliphatic carbocycles. The quantitative estimate of drug-likeness (QED) is 0.788. The van der Waals surface area contributed by atoms with Gasteiger partial charge in [-0.25, -0.2) is 4.98 Å². The molecule has 0 bridgehead atoms. The molecule has 3 aromatic rings. The van der Waals surface area contributed by atoms with Crippen LogP contribution in [-0.4, -0.2) is 44.1 Å². The number of hydrogen-bond donors (Lipinski definition) is 1. The molecule has 6 heteroatoms. The number of hydrogen-bond acceptors (Lipinski definition) is 4. The van der Waals surface area contributed by atoms with E-state index in [0.29, 0.717) is 11.6 Å². The molecule has 1 aromatic carbocycles. The van der Waals surface area contributed by atoms with Crippen LogP contribution in [0.5, 0.6) is 0 Å². The first-order valence-corrected chi connectivity index (χ1v) is 9.19. The summed E-state index contributed by atoms with van der Waals surface area (Å²) in [6, 6.07) is 6.49. The normalized spacial score (nSPS) is 18.0. The number of aromatic nitrogens is 4. The van der Waals surface area contributed by atoms with Crippen molar-refractivity contribution in [2.45, 2.75) is 32.6 Å². The Morgan fingerprint density at radius 3 is 2.96 bits per heavy atom. The summed E-state index contributed by atoms with van der Waals surface area (Å²) in [5.41, 5.74) is 3.69. The number of aryl methyl sites for hydroxylation is 1. The molecular weight excluding hydrogens is 326 g/mol. The minimum absolute atomic E-state index is 0.00188. The second-order valence-electron chi connectivity index (χ2n) is 7.13. The molecule has 26 heavy (non-hydrogen) atoms. The molecule has 1 aliphatic rings. The van der Waals surface area contributed by atoms with E-state index in [1.54, 1.807) is 12.4 Å². The van der Waals surface area contributed by atoms with Crippen molar-refractivity contribution >= 4 is 16.8 Å². The Kier molecular flexibility index (Phi) is 4.65. The highest BCUT2D eigenvalue weighted by Gasteiger charge is 2.22. The lowest BCUT2D eigenvalue weighted by Gasteiger charge is -2.20. The molecule has 3 heterocycles. The molecule has 0 saturated carbocycles. The summed E-state index contributed by atoms with van der Waals surface area (Å²) in [6.07, 6.45) is 9.35. The van der Waals surface area contributed by atoms with E-state index in [-0.39, 0.29) is 5.91 Å². The lowest BCUT2D eigenvalue weighted by molar-refractivity contribution is 0.0753. The standard InChI is InChI=1S/C20H23N5O/c1-14-11-22-19(13-21-14)20(26)25-7-2-3-15(6-8-25)9-16-4-5-18-17(10-16)12-23-24-18/h4-5,10-13,15H,2-3,6-9H2,1H3,(H,23,24)/t15-/m0/s1. The number of nitrogens with one attached hydrogen (secondary N) is 1. The second-order valence-corrected chi connectivity index (χ2v) is 7.13. The van der Waals surface area contributed by atoms with E-state index < -0.39 is 0 Å². The van der Waals surface area contributed by atoms with Crippen LogP contribution in [0.15, 0.2) is 36.8 Å². The lowest BCUT2D eigenvalue weighted by Crippen LogP contribution is -2.32. The molecule has 1 saturated heterocycles. The monoisotopic (exact) mass is 349 g/mol. The molecule has 6 nitrogen and oxygen atoms in total. The Bertz CT molecular complexity index is 902. The molecule has 0 radical (unpaired) electrons. The van der Waals surface area contributed by atoms with Gasteiger partial charge in [0, 0.05) is 24.7 Å². The number of carbonyl (C=O) groups excluding carboxylic acids is 1. The summed E-state index contributed by atoms with van der Waals surface area (Å²) in [4.78, 5) is 23.0. The first-order chi connectivity index (χ1) is 12.7. The van der Waals surface area contributed by atoms with Crippen LogP contribution < -0.4 is 0 Å². The van der Waals surface area contributed by atoms with Crippen molar-refractivity contribution in [2.75, 3.05) is 13.1 Å². The molecule has 1 N–H and O–H groups in total. The molecule has 134 valence electrons. The van der Waals surface area contributed by atoms with Crippen LogP contribution in [0.25, 0.3) is 10.9 Å². The van der Waals surface area contributed by atoms with Gasteiger partial charge in [0.05, 0.1) is 23.6 Å². The van der Waals surface area contributed by atoms with E-state index in [1.165, 1.54) is 5.56 Å². The zero-order chi connectivity index (χ0) is 17.9. The van der Waals surface area contributed by atoms with E-state index in [4.69, 9.17) is 0 Å². The highest BCUT2D eigenvalue weighted by molar-refractivity contribution is 5.92. The summed E-state index contributed by atoms with van der Waals surface area (Å²) in [5.74, 6) is 0.596. The number of nitrogens with zero attached hydrogens (tertiary/aromatic N) is 4. The van der Waals surface area contributed by atoms with Crippen molar-refractivity contribution < 1.29 is 4.79 Å². The maximum absolute atomic E-state index is 12.7. The molecular formula is C20H23N5O. The molecule has 1 atom stereocenters. The van der Waals surface area contributed by atoms with Crippen LogP contribution in [-0.2, 0) is 6.42 Å². The number of fused-ring (bicyclic) bond motifs is 1. The number of rotatable bonds is 3. The molecule has 1 amide bonds. The first kappa shape index (κ1) is 16.7. The third kappa shape index (κ3) is 3.59. The predicted octanol–water partition coefficient (Wildman–Crippen LogP) is 3.15. The molecule has 0 unspecified atom stereocenters. The average Bonchev–Trinajstić information content (AvgIpc) is 2.99. The minimum Gasteiger partial charge on any atom is -0.337 e. The van der Waals surface area contributed by atoms with E-state index in [0.717, 1.165) is 55.4 Å². The van der Waals surface area contributed by atoms with Gasteiger partial charge in [-0.15, -0.1) is 0 Å². The number of likely N-dealkylation sites (tertiary alicyclic amines) is 1. The van der Waals surface area contributed by atoms with Crippen molar-refractivity contribution in [3.8, 4) is 0 Å². The largest absolute Gasteiger partial charge is 0.337 e. The zero-order valence-corrected chi connectivity index (χ0v) is 15.0. The number of H-pyrrole nitrogens is 1. The molecule has 4 rings (SSSR count). The van der Waals surface area contributed by atoms with E-state index in [9.17, 15) is 4.79 Å². The predicted molar refractivity (Wildman–Crippen MR) is 99.8 cm³/mol. The van der Waals surface area contributed by atoms with Crippen molar-refractivity contribution in [1.82, 2.24) is 25.1 Å². The fraction of sp³-hybridized carbons (Fsp3) is 0.400. The van der Waals surface area contributed by atoms with Gasteiger partial charge in [-0.05, 0) is 56.2 Å². The Labute approximate surface area is 152 Å². The van der Waals surface area contributed by atoms with Crippen molar-refractivity contribution in [1.29, 1.82) is 0 Å². The van der Waals surface area contributed by atoms with Crippen LogP contribution in [0, 0.1) is 12.8 Å². The molecule has 1 fully saturated rings. The summed E-state index contributed by atoms with van der Waals surface area (Å²) in [7, 11) is 0. The summed E-state index contributed by atoms with van der Waals surface area (Å²) < 4.78 is 0. The van der Waals surface area contributed by atoms with Gasteiger partial charge < -0.3 is 4.90 Å². The van der Waals surface area contributed by atoms with Gasteiger partial charge in [-0.3, -0.25) is 14.9 Å². The van der Waals surface area contributed by atoms with Crippen LogP contribution in [0.1, 0.15) is 41.0 Å². The summed E-state index contributed by atoms with van der Waals surface area (Å²) in [5, 5.41) is 8.24. The Balaban J connectivity index is 1.39. The Morgan fingerprint density at radius 1 is 1.19 bits per heavy atom. The van der Waals surface area contributed by atoms with Gasteiger partial charge in [0.25, 0.3) is 5.91 Å². The van der Waals surface area contributed by atoms with Crippen molar-refractivity contribution in [2.24, 2.45) is 5.92 Å². The minimum atomic E-state index is -0.00188. The smallest absolute Gasteiger partial charge is 0.274 e. The van der Waals surface area contributed by atoms with E-state index in [2.05, 4.69) is 38.4 Å². The molecule has 1 aliphatic heterocycles. The van der Waals surface area contributed by atoms with Crippen LogP contribution in [0.2, 0.25) is 0 Å². The maximum atomic E-state index is 12.7. The fourth-order valence-corrected chi connectivity index (χ4v) is 3.69. The van der Waals surface area contributed by atoms with Gasteiger partial charge in [0.15, 0.2) is 0 Å². The van der Waals surface area contributed by atoms with Gasteiger partial charge in [0.1, 0.15) is 5.69 Å². The third-order valence-electron chi connectivity index (χ3n) is 5.16. The Morgan fingerprint density at radius 2 is 2.12 bits per heavy atom. The zero-order valence-electron chi connectivity index (χ0n) is 15.0. The number of benzene rings is 1. The fourth-order valence-electron chi connectivity index (χ4n) is 3.69. The number of carbonyl (C=O) groups is 1. The van der Waals surface area contributed by atoms with Crippen molar-refractivity contribution in [3.05, 3.63) is 53.7 Å². The topological polar surface area (TPSA) is 74.8 Å². The van der Waals surface area contributed by atoms with Crippen molar-refractivity contribution in [3.63, 3.8) is 0 Å². The van der Waals surface area contributed by atoms with E-state index in [1.807, 2.05) is 18.0 Å². The van der Waals surface area contributed by atoms with Gasteiger partial charge in [-0.1, -0.05) is 6.07 Å². The maximum Gasteiger partial charge on any atom is 0.274 e. The lowest BCUT2D eigenvalue weighted by atomic mass is 9.92. The van der Waals surface area contributed by atoms with Gasteiger partial charge in [-0.2, -0.15) is 5.10 Å². The van der Waals surface area contributed by atoms with Crippen LogP contribution >= 0.6 is 0 Å². The van der Waals surface area contributed by atoms with Crippen LogP contribution in [0.4, 0.5) is 0 Å². The highest BCUT2D eigenvalue weighted by atomic mass is 16.2. The number of aromatic amines is 1. The Hall–Kier alpha value is -2.76. The highest BCUT2D eigenvalue weighted by Crippen LogP contribution is 2.24. The van der Waals surface area contributed by atoms with Crippen LogP contribution in [0.3, 0.4) is 0 Å². The SMILES string of the molecule is Cc1cnc(C(=O)N2CCC[C@H](Cc3ccc4[nH]ncc4c3)CC2)cn1. The average molecular weight is 349 g/mol. The first-order valence-electron chi connectivity index (χ1n) is 9.19.